The third kappa shape index (κ3) is 3.56. The third-order valence-corrected chi connectivity index (χ3v) is 5.25. The second-order valence-corrected chi connectivity index (χ2v) is 7.62. The Morgan fingerprint density at radius 1 is 1.00 bits per heavy atom. The average Bonchev–Trinajstić information content (AvgIpc) is 2.67. The van der Waals surface area contributed by atoms with Crippen LogP contribution in [-0.4, -0.2) is 13.1 Å². The van der Waals surface area contributed by atoms with Crippen LogP contribution in [0.1, 0.15) is 18.1 Å². The lowest BCUT2D eigenvalue weighted by molar-refractivity contribution is 0.0215. The molecule has 142 valence electrons. The van der Waals surface area contributed by atoms with Gasteiger partial charge >= 0.3 is 6.09 Å². The molecule has 5 heteroatoms. The summed E-state index contributed by atoms with van der Waals surface area (Å²) in [6, 6.07) is 23.6. The van der Waals surface area contributed by atoms with Crippen molar-refractivity contribution in [3.8, 4) is 0 Å². The largest absolute Gasteiger partial charge is 0.438 e. The highest BCUT2D eigenvalue weighted by molar-refractivity contribution is 6.30. The van der Waals surface area contributed by atoms with Crippen LogP contribution in [0.15, 0.2) is 72.8 Å². The molecular weight excluding hydrogens is 372 g/mol. The van der Waals surface area contributed by atoms with E-state index in [2.05, 4.69) is 5.32 Å². The summed E-state index contributed by atoms with van der Waals surface area (Å²) < 4.78 is 5.88. The number of fused-ring (bicyclic) bond motifs is 1. The summed E-state index contributed by atoms with van der Waals surface area (Å²) >= 11 is 6.09. The van der Waals surface area contributed by atoms with Crippen molar-refractivity contribution in [3.63, 3.8) is 0 Å². The van der Waals surface area contributed by atoms with E-state index < -0.39 is 5.60 Å². The third-order valence-electron chi connectivity index (χ3n) is 5.01. The Hall–Kier alpha value is -2.98. The Morgan fingerprint density at radius 2 is 1.75 bits per heavy atom. The van der Waals surface area contributed by atoms with E-state index in [4.69, 9.17) is 16.3 Å². The number of amides is 1. The standard InChI is InChI=1S/C23H21ClN2O2/c1-23(15-16-7-4-3-5-8-16)20-14-19(25-18-10-6-9-17(24)13-18)11-12-21(20)26(2)22(27)28-23/h3-14,25H,15H2,1-2H3. The number of benzene rings is 3. The number of anilines is 3. The van der Waals surface area contributed by atoms with Gasteiger partial charge in [-0.15, -0.1) is 0 Å². The smallest absolute Gasteiger partial charge is 0.414 e. The van der Waals surface area contributed by atoms with Crippen molar-refractivity contribution in [2.75, 3.05) is 17.3 Å². The minimum Gasteiger partial charge on any atom is -0.438 e. The molecule has 0 saturated carbocycles. The van der Waals surface area contributed by atoms with Crippen LogP contribution in [0.3, 0.4) is 0 Å². The summed E-state index contributed by atoms with van der Waals surface area (Å²) in [4.78, 5) is 14.0. The Morgan fingerprint density at radius 3 is 2.50 bits per heavy atom. The number of cyclic esters (lactones) is 1. The van der Waals surface area contributed by atoms with Crippen molar-refractivity contribution in [2.24, 2.45) is 0 Å². The zero-order chi connectivity index (χ0) is 19.7. The monoisotopic (exact) mass is 392 g/mol. The molecule has 3 aromatic rings. The van der Waals surface area contributed by atoms with Crippen molar-refractivity contribution in [1.29, 1.82) is 0 Å². The molecule has 1 amide bonds. The van der Waals surface area contributed by atoms with E-state index in [-0.39, 0.29) is 6.09 Å². The molecule has 0 bridgehead atoms. The number of nitrogens with one attached hydrogen (secondary N) is 1. The van der Waals surface area contributed by atoms with Gasteiger partial charge in [0.2, 0.25) is 0 Å². The summed E-state index contributed by atoms with van der Waals surface area (Å²) in [5.74, 6) is 0. The Kier molecular flexibility index (Phi) is 4.73. The Bertz CT molecular complexity index is 1020. The van der Waals surface area contributed by atoms with Crippen LogP contribution in [0.4, 0.5) is 21.9 Å². The van der Waals surface area contributed by atoms with Crippen molar-refractivity contribution in [1.82, 2.24) is 0 Å². The molecule has 0 saturated heterocycles. The predicted octanol–water partition coefficient (Wildman–Crippen LogP) is 6.13. The summed E-state index contributed by atoms with van der Waals surface area (Å²) in [5, 5.41) is 4.05. The zero-order valence-electron chi connectivity index (χ0n) is 15.8. The summed E-state index contributed by atoms with van der Waals surface area (Å²) in [6.45, 7) is 1.97. The van der Waals surface area contributed by atoms with Crippen LogP contribution in [0, 0.1) is 0 Å². The number of ether oxygens (including phenoxy) is 1. The maximum atomic E-state index is 12.4. The van der Waals surface area contributed by atoms with Crippen molar-refractivity contribution in [3.05, 3.63) is 88.9 Å². The number of halogens is 1. The fraction of sp³-hybridized carbons (Fsp3) is 0.174. The molecule has 1 heterocycles. The second-order valence-electron chi connectivity index (χ2n) is 7.19. The van der Waals surface area contributed by atoms with Gasteiger partial charge in [-0.3, -0.25) is 4.90 Å². The first-order valence-electron chi connectivity index (χ1n) is 9.12. The van der Waals surface area contributed by atoms with Gasteiger partial charge in [0.1, 0.15) is 5.60 Å². The van der Waals surface area contributed by atoms with E-state index in [1.54, 1.807) is 11.9 Å². The molecule has 0 aromatic heterocycles. The molecule has 3 aromatic carbocycles. The van der Waals surface area contributed by atoms with Crippen molar-refractivity contribution in [2.45, 2.75) is 18.9 Å². The predicted molar refractivity (Wildman–Crippen MR) is 114 cm³/mol. The van der Waals surface area contributed by atoms with E-state index in [9.17, 15) is 4.79 Å². The first-order valence-corrected chi connectivity index (χ1v) is 9.50. The molecule has 0 aliphatic carbocycles. The first kappa shape index (κ1) is 18.4. The molecule has 1 aliphatic rings. The van der Waals surface area contributed by atoms with Gasteiger partial charge in [-0.1, -0.05) is 48.0 Å². The average molecular weight is 393 g/mol. The molecule has 4 nitrogen and oxygen atoms in total. The van der Waals surface area contributed by atoms with Crippen LogP contribution >= 0.6 is 11.6 Å². The summed E-state index contributed by atoms with van der Waals surface area (Å²) in [5.41, 5.74) is 3.98. The normalized spacial score (nSPS) is 18.4. The molecule has 4 rings (SSSR count). The van der Waals surface area contributed by atoms with Gasteiger partial charge in [0.05, 0.1) is 5.69 Å². The van der Waals surface area contributed by atoms with Crippen LogP contribution in [-0.2, 0) is 16.8 Å². The minimum absolute atomic E-state index is 0.346. The SMILES string of the molecule is CN1C(=O)OC(C)(Cc2ccccc2)c2cc(Nc3cccc(Cl)c3)ccc21. The Balaban J connectivity index is 1.73. The number of hydrogen-bond acceptors (Lipinski definition) is 3. The van der Waals surface area contributed by atoms with Gasteiger partial charge < -0.3 is 10.1 Å². The Labute approximate surface area is 169 Å². The highest BCUT2D eigenvalue weighted by Gasteiger charge is 2.40. The number of carbonyl (C=O) groups excluding carboxylic acids is 1. The summed E-state index contributed by atoms with van der Waals surface area (Å²) in [7, 11) is 1.73. The molecule has 0 radical (unpaired) electrons. The van der Waals surface area contributed by atoms with E-state index in [0.29, 0.717) is 11.4 Å². The van der Waals surface area contributed by atoms with Crippen molar-refractivity contribution < 1.29 is 9.53 Å². The lowest BCUT2D eigenvalue weighted by Crippen LogP contribution is -2.44. The number of hydrogen-bond donors (Lipinski definition) is 1. The molecule has 1 atom stereocenters. The van der Waals surface area contributed by atoms with Crippen molar-refractivity contribution >= 4 is 34.8 Å². The van der Waals surface area contributed by atoms with E-state index in [0.717, 1.165) is 28.2 Å². The zero-order valence-corrected chi connectivity index (χ0v) is 16.5. The molecule has 28 heavy (non-hydrogen) atoms. The molecule has 1 aliphatic heterocycles. The number of nitrogens with zero attached hydrogens (tertiary/aromatic N) is 1. The fourth-order valence-corrected chi connectivity index (χ4v) is 3.78. The van der Waals surface area contributed by atoms with Gasteiger partial charge in [-0.25, -0.2) is 4.79 Å². The van der Waals surface area contributed by atoms with Gasteiger partial charge in [0, 0.05) is 35.4 Å². The van der Waals surface area contributed by atoms with E-state index >= 15 is 0 Å². The quantitative estimate of drug-likeness (QED) is 0.580. The number of carbonyl (C=O) groups is 1. The van der Waals surface area contributed by atoms with Crippen LogP contribution in [0.5, 0.6) is 0 Å². The van der Waals surface area contributed by atoms with Gasteiger partial charge in [0.25, 0.3) is 0 Å². The second kappa shape index (κ2) is 7.21. The fourth-order valence-electron chi connectivity index (χ4n) is 3.59. The minimum atomic E-state index is -0.758. The molecule has 1 unspecified atom stereocenters. The van der Waals surface area contributed by atoms with Gasteiger partial charge in [-0.2, -0.15) is 0 Å². The molecule has 1 N–H and O–H groups in total. The maximum absolute atomic E-state index is 12.4. The number of rotatable bonds is 4. The molecule has 0 fully saturated rings. The highest BCUT2D eigenvalue weighted by Crippen LogP contribution is 2.42. The lowest BCUT2D eigenvalue weighted by atomic mass is 9.86. The van der Waals surface area contributed by atoms with Gasteiger partial charge in [0.15, 0.2) is 0 Å². The van der Waals surface area contributed by atoms with E-state index in [1.807, 2.05) is 79.7 Å². The van der Waals surface area contributed by atoms with Crippen LogP contribution in [0.25, 0.3) is 0 Å². The van der Waals surface area contributed by atoms with Crippen LogP contribution in [0.2, 0.25) is 5.02 Å². The topological polar surface area (TPSA) is 41.6 Å². The van der Waals surface area contributed by atoms with Gasteiger partial charge in [-0.05, 0) is 48.9 Å². The van der Waals surface area contributed by atoms with Crippen LogP contribution < -0.4 is 10.2 Å². The summed E-state index contributed by atoms with van der Waals surface area (Å²) in [6.07, 6.45) is 0.252. The lowest BCUT2D eigenvalue weighted by Gasteiger charge is -2.39. The molecule has 0 spiro atoms. The maximum Gasteiger partial charge on any atom is 0.414 e. The first-order chi connectivity index (χ1) is 13.4. The van der Waals surface area contributed by atoms with E-state index in [1.165, 1.54) is 0 Å². The highest BCUT2D eigenvalue weighted by atomic mass is 35.5. The molecular formula is C23H21ClN2O2.